The van der Waals surface area contributed by atoms with Gasteiger partial charge in [-0.15, -0.1) is 0 Å². The lowest BCUT2D eigenvalue weighted by molar-refractivity contribution is 0.0135. The molecule has 218 valence electrons. The van der Waals surface area contributed by atoms with Gasteiger partial charge in [-0.1, -0.05) is 93.9 Å². The Balaban J connectivity index is 6.65. The molecule has 0 atom stereocenters. The van der Waals surface area contributed by atoms with Gasteiger partial charge >= 0.3 is 17.6 Å². The second kappa shape index (κ2) is 23.1. The Morgan fingerprint density at radius 1 is 0.389 bits per heavy atom. The molecule has 0 aromatic carbocycles. The van der Waals surface area contributed by atoms with E-state index in [2.05, 4.69) is 55.4 Å². The van der Waals surface area contributed by atoms with E-state index in [0.717, 1.165) is 77.0 Å². The maximum absolute atomic E-state index is 6.80. The second-order valence-electron chi connectivity index (χ2n) is 10.1. The van der Waals surface area contributed by atoms with Crippen LogP contribution in [0.5, 0.6) is 0 Å². The summed E-state index contributed by atoms with van der Waals surface area (Å²) < 4.78 is 40.8. The molecule has 0 heterocycles. The Bertz CT molecular complexity index is 390. The summed E-state index contributed by atoms with van der Waals surface area (Å²) in [6.07, 6.45) is 12.3. The largest absolute Gasteiger partial charge is 0.509 e. The van der Waals surface area contributed by atoms with Crippen LogP contribution in [-0.4, -0.2) is 57.3 Å². The number of hydrogen-bond acceptors (Lipinski definition) is 6. The van der Waals surface area contributed by atoms with Crippen LogP contribution in [-0.2, 0) is 26.6 Å². The lowest BCUT2D eigenvalue weighted by Gasteiger charge is -2.45. The van der Waals surface area contributed by atoms with Crippen molar-refractivity contribution in [2.24, 2.45) is 5.92 Å². The molecule has 0 saturated carbocycles. The van der Waals surface area contributed by atoms with Crippen LogP contribution in [0, 0.1) is 5.92 Å². The van der Waals surface area contributed by atoms with Crippen LogP contribution in [0.15, 0.2) is 0 Å². The molecule has 0 aliphatic carbocycles. The zero-order valence-electron chi connectivity index (χ0n) is 25.3. The van der Waals surface area contributed by atoms with Gasteiger partial charge in [-0.3, -0.25) is 0 Å². The summed E-state index contributed by atoms with van der Waals surface area (Å²) in [5.41, 5.74) is 0. The zero-order chi connectivity index (χ0) is 27.1. The third-order valence-corrected chi connectivity index (χ3v) is 14.9. The molecular weight excluding hydrogens is 488 g/mol. The van der Waals surface area contributed by atoms with Gasteiger partial charge < -0.3 is 26.6 Å². The van der Waals surface area contributed by atoms with Gasteiger partial charge in [-0.05, 0) is 44.4 Å². The summed E-state index contributed by atoms with van der Waals surface area (Å²) in [5, 5.41) is -0.152. The molecule has 0 saturated heterocycles. The van der Waals surface area contributed by atoms with Crippen molar-refractivity contribution in [1.82, 2.24) is 0 Å². The summed E-state index contributed by atoms with van der Waals surface area (Å²) in [7, 11) is -6.46. The fraction of sp³-hybridized carbons (Fsp3) is 1.00. The highest BCUT2D eigenvalue weighted by molar-refractivity contribution is 6.82. The van der Waals surface area contributed by atoms with Gasteiger partial charge in [0.05, 0.1) is 0 Å². The highest BCUT2D eigenvalue weighted by Crippen LogP contribution is 2.43. The van der Waals surface area contributed by atoms with E-state index >= 15 is 0 Å². The third-order valence-electron chi connectivity index (χ3n) is 6.24. The highest BCUT2D eigenvalue weighted by atomic mass is 28.5. The van der Waals surface area contributed by atoms with Gasteiger partial charge in [0.15, 0.2) is 0 Å². The van der Waals surface area contributed by atoms with Crippen molar-refractivity contribution in [2.75, 3.05) is 39.6 Å². The van der Waals surface area contributed by atoms with Gasteiger partial charge in [-0.2, -0.15) is 0 Å². The minimum absolute atomic E-state index is 0.152. The maximum Gasteiger partial charge on any atom is 0.509 e. The SMILES string of the molecule is CCCCO[Si](OCCCC)(OCCCC)C(C(C)C)[Si](OCCCC)(OCCCC)OCCCC. The van der Waals surface area contributed by atoms with Crippen LogP contribution in [0.4, 0.5) is 0 Å². The van der Waals surface area contributed by atoms with E-state index in [1.54, 1.807) is 0 Å². The van der Waals surface area contributed by atoms with E-state index in [0.29, 0.717) is 39.6 Å². The molecule has 0 unspecified atom stereocenters. The van der Waals surface area contributed by atoms with Crippen LogP contribution in [0.3, 0.4) is 0 Å². The summed E-state index contributed by atoms with van der Waals surface area (Å²) in [4.78, 5) is 0. The first-order valence-electron chi connectivity index (χ1n) is 15.3. The molecule has 0 bridgehead atoms. The number of hydrogen-bond donors (Lipinski definition) is 0. The Morgan fingerprint density at radius 2 is 0.583 bits per heavy atom. The topological polar surface area (TPSA) is 55.4 Å². The van der Waals surface area contributed by atoms with Crippen molar-refractivity contribution in [3.8, 4) is 0 Å². The average Bonchev–Trinajstić information content (AvgIpc) is 2.85. The first-order valence-corrected chi connectivity index (χ1v) is 18.9. The van der Waals surface area contributed by atoms with Crippen molar-refractivity contribution in [1.29, 1.82) is 0 Å². The molecule has 0 aliphatic rings. The van der Waals surface area contributed by atoms with Crippen LogP contribution in [0.2, 0.25) is 5.16 Å². The van der Waals surface area contributed by atoms with Gasteiger partial charge in [-0.25, -0.2) is 0 Å². The lowest BCUT2D eigenvalue weighted by Crippen LogP contribution is -2.66. The lowest BCUT2D eigenvalue weighted by atomic mass is 10.3. The molecule has 36 heavy (non-hydrogen) atoms. The Kier molecular flexibility index (Phi) is 23.2. The van der Waals surface area contributed by atoms with E-state index in [1.807, 2.05) is 0 Å². The zero-order valence-corrected chi connectivity index (χ0v) is 27.3. The quantitative estimate of drug-likeness (QED) is 0.0757. The van der Waals surface area contributed by atoms with Gasteiger partial charge in [0.25, 0.3) is 0 Å². The summed E-state index contributed by atoms with van der Waals surface area (Å²) in [6, 6.07) is 0. The summed E-state index contributed by atoms with van der Waals surface area (Å²) in [6.45, 7) is 21.4. The van der Waals surface area contributed by atoms with Crippen molar-refractivity contribution >= 4 is 17.6 Å². The molecule has 0 aliphatic heterocycles. The van der Waals surface area contributed by atoms with E-state index in [4.69, 9.17) is 26.6 Å². The maximum atomic E-state index is 6.80. The fourth-order valence-electron chi connectivity index (χ4n) is 3.97. The number of unbranched alkanes of at least 4 members (excludes halogenated alkanes) is 6. The molecule has 0 spiro atoms. The average molecular weight is 551 g/mol. The Hall–Kier alpha value is 0.194. The summed E-state index contributed by atoms with van der Waals surface area (Å²) >= 11 is 0. The van der Waals surface area contributed by atoms with E-state index < -0.39 is 17.6 Å². The molecule has 6 nitrogen and oxygen atoms in total. The molecule has 0 radical (unpaired) electrons. The van der Waals surface area contributed by atoms with Crippen LogP contribution in [0.1, 0.15) is 132 Å². The van der Waals surface area contributed by atoms with E-state index in [1.165, 1.54) is 0 Å². The molecule has 0 aromatic rings. The molecular formula is C28H62O6Si2. The third kappa shape index (κ3) is 13.8. The highest BCUT2D eigenvalue weighted by Gasteiger charge is 2.67. The minimum atomic E-state index is -3.23. The van der Waals surface area contributed by atoms with E-state index in [-0.39, 0.29) is 11.1 Å². The Morgan fingerprint density at radius 3 is 0.722 bits per heavy atom. The van der Waals surface area contributed by atoms with Gasteiger partial charge in [0.2, 0.25) is 0 Å². The molecule has 0 aromatic heterocycles. The molecule has 0 amide bonds. The van der Waals surface area contributed by atoms with Gasteiger partial charge in [0, 0.05) is 39.6 Å². The van der Waals surface area contributed by atoms with Crippen molar-refractivity contribution in [3.05, 3.63) is 0 Å². The first-order chi connectivity index (χ1) is 17.4. The smallest absolute Gasteiger partial charge is 0.373 e. The van der Waals surface area contributed by atoms with Crippen LogP contribution < -0.4 is 0 Å². The van der Waals surface area contributed by atoms with Gasteiger partial charge in [0.1, 0.15) is 5.16 Å². The van der Waals surface area contributed by atoms with E-state index in [9.17, 15) is 0 Å². The monoisotopic (exact) mass is 550 g/mol. The van der Waals surface area contributed by atoms with Crippen LogP contribution >= 0.6 is 0 Å². The van der Waals surface area contributed by atoms with Crippen LogP contribution in [0.25, 0.3) is 0 Å². The predicted molar refractivity (Wildman–Crippen MR) is 155 cm³/mol. The summed E-state index contributed by atoms with van der Waals surface area (Å²) in [5.74, 6) is 0.179. The molecule has 0 fully saturated rings. The molecule has 0 N–H and O–H groups in total. The van der Waals surface area contributed by atoms with Crippen molar-refractivity contribution < 1.29 is 26.6 Å². The number of rotatable bonds is 27. The van der Waals surface area contributed by atoms with Crippen molar-refractivity contribution in [2.45, 2.75) is 138 Å². The molecule has 8 heteroatoms. The first kappa shape index (κ1) is 36.2. The van der Waals surface area contributed by atoms with Crippen molar-refractivity contribution in [3.63, 3.8) is 0 Å². The molecule has 0 rings (SSSR count). The fourth-order valence-corrected chi connectivity index (χ4v) is 13.0. The minimum Gasteiger partial charge on any atom is -0.373 e. The normalized spacial score (nSPS) is 12.8. The predicted octanol–water partition coefficient (Wildman–Crippen LogP) is 8.33. The Labute approximate surface area is 227 Å². The second-order valence-corrected chi connectivity index (χ2v) is 16.1. The standard InChI is InChI=1S/C28H62O6Si2/c1-9-15-21-29-35(30-22-16-10-2,31-23-17-11-3)28(27(7)8)36(32-24-18-12-4,33-25-19-13-5)34-26-20-14-6/h27-28H,9-26H2,1-8H3.